The molecule has 5 nitrogen and oxygen atoms in total. The molecule has 1 aromatic carbocycles. The van der Waals surface area contributed by atoms with Crippen molar-refractivity contribution >= 4 is 12.0 Å². The number of hydrogen-bond acceptors (Lipinski definition) is 5. The predicted molar refractivity (Wildman–Crippen MR) is 180 cm³/mol. The normalized spacial score (nSPS) is 40.8. The first kappa shape index (κ1) is 32.7. The third kappa shape index (κ3) is 4.83. The van der Waals surface area contributed by atoms with Crippen molar-refractivity contribution < 1.29 is 24.5 Å². The molecule has 45 heavy (non-hydrogen) atoms. The molecule has 0 aromatic heterocycles. The number of hydrogen-bond donors (Lipinski definition) is 2. The Morgan fingerprint density at radius 2 is 1.71 bits per heavy atom. The van der Waals surface area contributed by atoms with Gasteiger partial charge in [-0.25, -0.2) is 4.79 Å². The Bertz CT molecular complexity index is 1360. The largest absolute Gasteiger partial charge is 0.504 e. The lowest BCUT2D eigenvalue weighted by molar-refractivity contribution is -0.179. The summed E-state index contributed by atoms with van der Waals surface area (Å²) < 4.78 is 11.4. The molecule has 0 aliphatic heterocycles. The number of phenolic OH excluding ortho intramolecular Hbond substituents is 1. The summed E-state index contributed by atoms with van der Waals surface area (Å²) >= 11 is 0. The van der Waals surface area contributed by atoms with Gasteiger partial charge in [0.25, 0.3) is 0 Å². The molecule has 2 N–H and O–H groups in total. The molecule has 0 radical (unpaired) electrons. The van der Waals surface area contributed by atoms with E-state index in [0.717, 1.165) is 42.2 Å². The summed E-state index contributed by atoms with van der Waals surface area (Å²) in [6.45, 7) is 18.4. The number of esters is 1. The highest BCUT2D eigenvalue weighted by molar-refractivity contribution is 5.87. The molecule has 5 saturated carbocycles. The number of benzene rings is 1. The molecule has 5 fully saturated rings. The van der Waals surface area contributed by atoms with Crippen LogP contribution in [0.1, 0.15) is 118 Å². The Hall–Kier alpha value is -2.27. The van der Waals surface area contributed by atoms with Crippen LogP contribution in [-0.2, 0) is 9.53 Å². The van der Waals surface area contributed by atoms with Crippen LogP contribution in [0.25, 0.3) is 6.08 Å². The van der Waals surface area contributed by atoms with Crippen LogP contribution in [0.3, 0.4) is 0 Å². The molecular formula is C40H58O5. The predicted octanol–water partition coefficient (Wildman–Crippen LogP) is 9.12. The molecule has 5 aliphatic carbocycles. The van der Waals surface area contributed by atoms with Gasteiger partial charge in [0.2, 0.25) is 0 Å². The fourth-order valence-corrected chi connectivity index (χ4v) is 12.5. The van der Waals surface area contributed by atoms with E-state index in [0.29, 0.717) is 39.2 Å². The van der Waals surface area contributed by atoms with Gasteiger partial charge < -0.3 is 19.7 Å². The van der Waals surface area contributed by atoms with Crippen molar-refractivity contribution in [3.05, 3.63) is 42.0 Å². The second-order valence-electron chi connectivity index (χ2n) is 17.1. The van der Waals surface area contributed by atoms with Crippen molar-refractivity contribution in [2.45, 2.75) is 124 Å². The number of aromatic hydroxyl groups is 1. The highest BCUT2D eigenvalue weighted by Gasteiger charge is 2.82. The number of aliphatic hydroxyl groups excluding tert-OH is 1. The Labute approximate surface area is 271 Å². The number of phenols is 1. The zero-order chi connectivity index (χ0) is 32.6. The van der Waals surface area contributed by atoms with E-state index in [1.54, 1.807) is 24.3 Å². The fraction of sp³-hybridized carbons (Fsp3) is 0.725. The van der Waals surface area contributed by atoms with Gasteiger partial charge in [-0.15, -0.1) is 0 Å². The number of aliphatic hydroxyl groups is 1. The molecule has 2 spiro atoms. The minimum atomic E-state index is -0.374. The first-order valence-corrected chi connectivity index (χ1v) is 17.7. The molecular weight excluding hydrogens is 560 g/mol. The molecule has 5 heteroatoms. The first-order valence-electron chi connectivity index (χ1n) is 17.7. The summed E-state index contributed by atoms with van der Waals surface area (Å²) in [7, 11) is 1.52. The van der Waals surface area contributed by atoms with Crippen molar-refractivity contribution in [3.8, 4) is 11.5 Å². The molecule has 1 aromatic rings. The van der Waals surface area contributed by atoms with Crippen LogP contribution in [0.15, 0.2) is 36.4 Å². The topological polar surface area (TPSA) is 76.0 Å². The van der Waals surface area contributed by atoms with Crippen LogP contribution in [0.2, 0.25) is 0 Å². The second-order valence-corrected chi connectivity index (χ2v) is 17.1. The summed E-state index contributed by atoms with van der Waals surface area (Å²) in [6.07, 6.45) is 16.1. The van der Waals surface area contributed by atoms with Crippen LogP contribution >= 0.6 is 0 Å². The van der Waals surface area contributed by atoms with Gasteiger partial charge in [-0.2, -0.15) is 0 Å². The number of methoxy groups -OCH3 is 1. The first-order chi connectivity index (χ1) is 21.1. The second kappa shape index (κ2) is 11.2. The highest BCUT2D eigenvalue weighted by Crippen LogP contribution is 2.89. The Kier molecular flexibility index (Phi) is 8.11. The molecule has 0 heterocycles. The van der Waals surface area contributed by atoms with Gasteiger partial charge in [-0.3, -0.25) is 0 Å². The van der Waals surface area contributed by atoms with E-state index in [1.807, 2.05) is 6.92 Å². The fourth-order valence-electron chi connectivity index (χ4n) is 12.5. The molecule has 0 amide bonds. The van der Waals surface area contributed by atoms with Gasteiger partial charge in [0, 0.05) is 11.5 Å². The maximum atomic E-state index is 13.1. The summed E-state index contributed by atoms with van der Waals surface area (Å²) in [5.74, 6) is 2.90. The van der Waals surface area contributed by atoms with Gasteiger partial charge in [-0.1, -0.05) is 52.8 Å². The van der Waals surface area contributed by atoms with E-state index in [9.17, 15) is 15.0 Å². The summed E-state index contributed by atoms with van der Waals surface area (Å²) in [5, 5.41) is 20.3. The third-order valence-electron chi connectivity index (χ3n) is 15.1. The van der Waals surface area contributed by atoms with E-state index >= 15 is 0 Å². The van der Waals surface area contributed by atoms with Crippen molar-refractivity contribution in [3.63, 3.8) is 0 Å². The average molecular weight is 619 g/mol. The Balaban J connectivity index is 1.14. The maximum absolute atomic E-state index is 13.1. The van der Waals surface area contributed by atoms with E-state index < -0.39 is 0 Å². The van der Waals surface area contributed by atoms with Crippen LogP contribution in [0, 0.1) is 50.7 Å². The van der Waals surface area contributed by atoms with Crippen molar-refractivity contribution in [1.29, 1.82) is 0 Å². The lowest BCUT2D eigenvalue weighted by Crippen LogP contribution is -2.58. The number of ether oxygens (including phenoxy) is 2. The van der Waals surface area contributed by atoms with Gasteiger partial charge in [0.1, 0.15) is 6.10 Å². The minimum absolute atomic E-state index is 0.0591. The zero-order valence-electron chi connectivity index (χ0n) is 29.0. The lowest BCUT2D eigenvalue weighted by Gasteiger charge is -2.63. The van der Waals surface area contributed by atoms with Crippen molar-refractivity contribution in [2.75, 3.05) is 7.11 Å². The quantitative estimate of drug-likeness (QED) is 0.164. The zero-order valence-corrected chi connectivity index (χ0v) is 29.0. The standard InChI is InChI=1S/C40H58O5/c1-25(2)29(41)12-9-26(3)28-17-19-38(7)33-15-14-32-36(4,5)34(18-20-39(32)24-40(33,39)22-21-37(28,38)6)45-35(43)16-11-27-10-13-30(42)31(23-27)44-8/h10-11,13,16,23,26,28-29,32-34,41-42H,1,9,12,14-15,17-22,24H2,2-8H3/b16-11+/t26-,28-,29+,32+,33+,34+,37-,38+,39-,40+/m1/s1. The van der Waals surface area contributed by atoms with Crippen LogP contribution in [0.5, 0.6) is 11.5 Å². The summed E-state index contributed by atoms with van der Waals surface area (Å²) in [4.78, 5) is 13.1. The van der Waals surface area contributed by atoms with Gasteiger partial charge in [-0.05, 0) is 147 Å². The molecule has 0 unspecified atom stereocenters. The Morgan fingerprint density at radius 1 is 1.00 bits per heavy atom. The van der Waals surface area contributed by atoms with Crippen molar-refractivity contribution in [2.24, 2.45) is 50.7 Å². The maximum Gasteiger partial charge on any atom is 0.331 e. The van der Waals surface area contributed by atoms with E-state index in [2.05, 4.69) is 41.2 Å². The van der Waals surface area contributed by atoms with Gasteiger partial charge >= 0.3 is 5.97 Å². The van der Waals surface area contributed by atoms with Crippen LogP contribution in [0.4, 0.5) is 0 Å². The van der Waals surface area contributed by atoms with Crippen molar-refractivity contribution in [1.82, 2.24) is 0 Å². The molecule has 5 aliphatic rings. The van der Waals surface area contributed by atoms with Crippen LogP contribution < -0.4 is 4.74 Å². The van der Waals surface area contributed by atoms with Crippen LogP contribution in [-0.4, -0.2) is 35.5 Å². The average Bonchev–Trinajstić information content (AvgIpc) is 3.58. The highest BCUT2D eigenvalue weighted by atomic mass is 16.5. The molecule has 0 saturated heterocycles. The van der Waals surface area contributed by atoms with Gasteiger partial charge in [0.15, 0.2) is 11.5 Å². The van der Waals surface area contributed by atoms with Gasteiger partial charge in [0.05, 0.1) is 13.2 Å². The molecule has 6 rings (SSSR count). The molecule has 10 atom stereocenters. The number of carbonyl (C=O) groups excluding carboxylic acids is 1. The number of carbonyl (C=O) groups is 1. The monoisotopic (exact) mass is 618 g/mol. The molecule has 0 bridgehead atoms. The van der Waals surface area contributed by atoms with E-state index in [4.69, 9.17) is 9.47 Å². The molecule has 248 valence electrons. The minimum Gasteiger partial charge on any atom is -0.504 e. The van der Waals surface area contributed by atoms with E-state index in [-0.39, 0.29) is 29.3 Å². The smallest absolute Gasteiger partial charge is 0.331 e. The summed E-state index contributed by atoms with van der Waals surface area (Å²) in [5.41, 5.74) is 3.22. The summed E-state index contributed by atoms with van der Waals surface area (Å²) in [6, 6.07) is 5.06. The van der Waals surface area contributed by atoms with E-state index in [1.165, 1.54) is 64.6 Å². The number of fused-ring (bicyclic) bond motifs is 2. The SMILES string of the molecule is C=C(C)[C@@H](O)CC[C@@H](C)[C@H]1CC[C@@]2(C)[C@@H]3CC[C@H]4C(C)(C)[C@@H](OC(=O)/C=C/c5ccc(O)c(OC)c5)CC[C@@]45C[C@@]35CC[C@]12C. The lowest BCUT2D eigenvalue weighted by atomic mass is 9.41. The Morgan fingerprint density at radius 3 is 2.42 bits per heavy atom. The number of rotatable bonds is 9. The third-order valence-corrected chi connectivity index (χ3v) is 15.1.